The molecule has 33 heavy (non-hydrogen) atoms. The third-order valence-corrected chi connectivity index (χ3v) is 5.19. The van der Waals surface area contributed by atoms with E-state index in [1.165, 1.54) is 22.9 Å². The lowest BCUT2D eigenvalue weighted by molar-refractivity contribution is -0.137. The Hall–Kier alpha value is -3.95. The minimum absolute atomic E-state index is 0.0219. The average molecular weight is 455 g/mol. The zero-order valence-electron chi connectivity index (χ0n) is 17.8. The van der Waals surface area contributed by atoms with Crippen LogP contribution < -0.4 is 10.9 Å². The van der Waals surface area contributed by atoms with Crippen LogP contribution in [0.2, 0.25) is 0 Å². The average Bonchev–Trinajstić information content (AvgIpc) is 3.17. The van der Waals surface area contributed by atoms with Crippen LogP contribution in [0, 0.1) is 13.8 Å². The van der Waals surface area contributed by atoms with Gasteiger partial charge in [0.15, 0.2) is 5.65 Å². The Morgan fingerprint density at radius 1 is 1.09 bits per heavy atom. The molecular formula is C23H20F3N5O2. The van der Waals surface area contributed by atoms with Crippen molar-refractivity contribution in [3.63, 3.8) is 0 Å². The molecule has 0 unspecified atom stereocenters. The Bertz CT molecular complexity index is 1390. The number of hydrogen-bond donors (Lipinski definition) is 1. The van der Waals surface area contributed by atoms with Crippen molar-refractivity contribution in [1.82, 2.24) is 19.3 Å². The van der Waals surface area contributed by atoms with E-state index in [4.69, 9.17) is 0 Å². The summed E-state index contributed by atoms with van der Waals surface area (Å²) in [5.41, 5.74) is 1.10. The largest absolute Gasteiger partial charge is 0.416 e. The van der Waals surface area contributed by atoms with Gasteiger partial charge in [-0.1, -0.05) is 23.8 Å². The predicted octanol–water partition coefficient (Wildman–Crippen LogP) is 4.25. The van der Waals surface area contributed by atoms with Crippen LogP contribution in [0.5, 0.6) is 0 Å². The number of halogens is 3. The topological polar surface area (TPSA) is 81.8 Å². The lowest BCUT2D eigenvalue weighted by Crippen LogP contribution is -2.26. The summed E-state index contributed by atoms with van der Waals surface area (Å²) in [5.74, 6) is -0.121. The van der Waals surface area contributed by atoms with Gasteiger partial charge in [0.1, 0.15) is 11.2 Å². The first-order valence-electron chi connectivity index (χ1n) is 10.1. The Morgan fingerprint density at radius 3 is 2.52 bits per heavy atom. The molecule has 0 aliphatic rings. The fourth-order valence-electron chi connectivity index (χ4n) is 3.45. The molecule has 0 fully saturated rings. The fourth-order valence-corrected chi connectivity index (χ4v) is 3.45. The number of anilines is 1. The van der Waals surface area contributed by atoms with Crippen molar-refractivity contribution in [1.29, 1.82) is 0 Å². The van der Waals surface area contributed by atoms with Crippen LogP contribution in [0.15, 0.2) is 59.5 Å². The van der Waals surface area contributed by atoms with Gasteiger partial charge in [0.25, 0.3) is 5.56 Å². The molecule has 0 spiro atoms. The van der Waals surface area contributed by atoms with Crippen molar-refractivity contribution < 1.29 is 18.0 Å². The van der Waals surface area contributed by atoms with E-state index in [9.17, 15) is 22.8 Å². The van der Waals surface area contributed by atoms with Crippen LogP contribution in [-0.4, -0.2) is 25.2 Å². The second-order valence-electron chi connectivity index (χ2n) is 7.62. The molecule has 7 nitrogen and oxygen atoms in total. The first kappa shape index (κ1) is 22.3. The van der Waals surface area contributed by atoms with Gasteiger partial charge in [-0.2, -0.15) is 18.3 Å². The highest BCUT2D eigenvalue weighted by atomic mass is 19.4. The molecule has 1 amide bonds. The summed E-state index contributed by atoms with van der Waals surface area (Å²) in [6.45, 7) is 3.64. The Kier molecular flexibility index (Phi) is 5.75. The SMILES string of the molecule is Cc1ccc(-n2ncc3c(=O)n(CCC(=O)Nc4cccc(C(F)(F)F)c4)c(C)nc32)cc1. The van der Waals surface area contributed by atoms with Gasteiger partial charge in [-0.3, -0.25) is 14.2 Å². The van der Waals surface area contributed by atoms with E-state index in [1.54, 1.807) is 11.6 Å². The summed E-state index contributed by atoms with van der Waals surface area (Å²) in [4.78, 5) is 29.8. The third kappa shape index (κ3) is 4.64. The van der Waals surface area contributed by atoms with Crippen molar-refractivity contribution in [3.8, 4) is 5.69 Å². The lowest BCUT2D eigenvalue weighted by Gasteiger charge is -2.12. The summed E-state index contributed by atoms with van der Waals surface area (Å²) in [6.07, 6.45) is -3.19. The van der Waals surface area contributed by atoms with Crippen molar-refractivity contribution in [2.24, 2.45) is 0 Å². The number of carbonyl (C=O) groups excluding carboxylic acids is 1. The number of amides is 1. The van der Waals surface area contributed by atoms with Gasteiger partial charge >= 0.3 is 6.18 Å². The first-order chi connectivity index (χ1) is 15.6. The summed E-state index contributed by atoms with van der Waals surface area (Å²) in [6, 6.07) is 12.0. The molecule has 0 saturated carbocycles. The normalized spacial score (nSPS) is 11.7. The van der Waals surface area contributed by atoms with E-state index in [0.29, 0.717) is 16.9 Å². The quantitative estimate of drug-likeness (QED) is 0.488. The maximum Gasteiger partial charge on any atom is 0.416 e. The first-order valence-corrected chi connectivity index (χ1v) is 10.1. The van der Waals surface area contributed by atoms with E-state index >= 15 is 0 Å². The molecule has 4 aromatic rings. The maximum absolute atomic E-state index is 13.0. The summed E-state index contributed by atoms with van der Waals surface area (Å²) >= 11 is 0. The Morgan fingerprint density at radius 2 is 1.82 bits per heavy atom. The van der Waals surface area contributed by atoms with Crippen molar-refractivity contribution in [3.05, 3.63) is 82.0 Å². The van der Waals surface area contributed by atoms with E-state index < -0.39 is 17.6 Å². The summed E-state index contributed by atoms with van der Waals surface area (Å²) < 4.78 is 41.5. The molecule has 0 aliphatic carbocycles. The minimum Gasteiger partial charge on any atom is -0.326 e. The molecule has 0 bridgehead atoms. The number of rotatable bonds is 5. The highest BCUT2D eigenvalue weighted by molar-refractivity contribution is 5.90. The van der Waals surface area contributed by atoms with Gasteiger partial charge in [0.2, 0.25) is 5.91 Å². The van der Waals surface area contributed by atoms with Gasteiger partial charge in [-0.15, -0.1) is 0 Å². The van der Waals surface area contributed by atoms with E-state index in [0.717, 1.165) is 23.4 Å². The van der Waals surface area contributed by atoms with E-state index in [1.807, 2.05) is 31.2 Å². The molecule has 0 saturated heterocycles. The number of aromatic nitrogens is 4. The number of hydrogen-bond acceptors (Lipinski definition) is 4. The molecule has 4 rings (SSSR count). The molecule has 0 aliphatic heterocycles. The van der Waals surface area contributed by atoms with Crippen LogP contribution >= 0.6 is 0 Å². The molecule has 2 aromatic heterocycles. The summed E-state index contributed by atoms with van der Waals surface area (Å²) in [5, 5.41) is 7.03. The molecule has 2 aromatic carbocycles. The second-order valence-corrected chi connectivity index (χ2v) is 7.62. The number of nitrogens with one attached hydrogen (secondary N) is 1. The minimum atomic E-state index is -4.50. The lowest BCUT2D eigenvalue weighted by atomic mass is 10.2. The van der Waals surface area contributed by atoms with Crippen LogP contribution in [0.1, 0.15) is 23.4 Å². The third-order valence-electron chi connectivity index (χ3n) is 5.19. The standard InChI is InChI=1S/C23H20F3N5O2/c1-14-6-8-18(9-7-14)31-21-19(13-27-31)22(33)30(15(2)28-21)11-10-20(32)29-17-5-3-4-16(12-17)23(24,25)26/h3-9,12-13H,10-11H2,1-2H3,(H,29,32). The van der Waals surface area contributed by atoms with Gasteiger partial charge in [0, 0.05) is 18.7 Å². The van der Waals surface area contributed by atoms with Crippen molar-refractivity contribution >= 4 is 22.6 Å². The van der Waals surface area contributed by atoms with Gasteiger partial charge in [0.05, 0.1) is 17.4 Å². The zero-order valence-corrected chi connectivity index (χ0v) is 17.8. The molecule has 170 valence electrons. The predicted molar refractivity (Wildman–Crippen MR) is 117 cm³/mol. The monoisotopic (exact) mass is 455 g/mol. The number of nitrogens with zero attached hydrogens (tertiary/aromatic N) is 4. The second kappa shape index (κ2) is 8.53. The molecule has 0 atom stereocenters. The Balaban J connectivity index is 1.53. The van der Waals surface area contributed by atoms with Crippen LogP contribution in [0.3, 0.4) is 0 Å². The number of benzene rings is 2. The highest BCUT2D eigenvalue weighted by Crippen LogP contribution is 2.30. The number of aryl methyl sites for hydroxylation is 2. The number of alkyl halides is 3. The van der Waals surface area contributed by atoms with E-state index in [2.05, 4.69) is 15.4 Å². The number of carbonyl (C=O) groups is 1. The summed E-state index contributed by atoms with van der Waals surface area (Å²) in [7, 11) is 0. The van der Waals surface area contributed by atoms with Crippen molar-refractivity contribution in [2.45, 2.75) is 33.0 Å². The molecule has 2 heterocycles. The molecule has 0 radical (unpaired) electrons. The van der Waals surface area contributed by atoms with Gasteiger partial charge < -0.3 is 5.32 Å². The van der Waals surface area contributed by atoms with Gasteiger partial charge in [-0.25, -0.2) is 9.67 Å². The van der Waals surface area contributed by atoms with Gasteiger partial charge in [-0.05, 0) is 44.2 Å². The highest BCUT2D eigenvalue weighted by Gasteiger charge is 2.30. The molecule has 10 heteroatoms. The smallest absolute Gasteiger partial charge is 0.326 e. The van der Waals surface area contributed by atoms with Crippen LogP contribution in [0.25, 0.3) is 16.7 Å². The molecular weight excluding hydrogens is 435 g/mol. The zero-order chi connectivity index (χ0) is 23.8. The van der Waals surface area contributed by atoms with Crippen molar-refractivity contribution in [2.75, 3.05) is 5.32 Å². The fraction of sp³-hybridized carbons (Fsp3) is 0.217. The molecule has 1 N–H and O–H groups in total. The maximum atomic E-state index is 13.0. The van der Waals surface area contributed by atoms with Crippen LogP contribution in [0.4, 0.5) is 18.9 Å². The van der Waals surface area contributed by atoms with E-state index in [-0.39, 0.29) is 24.2 Å². The van der Waals surface area contributed by atoms with Crippen LogP contribution in [-0.2, 0) is 17.5 Å². The number of fused-ring (bicyclic) bond motifs is 1. The Labute approximate surface area is 186 Å².